The number of primary amides is 1. The van der Waals surface area contributed by atoms with Crippen molar-refractivity contribution in [2.24, 2.45) is 5.73 Å². The van der Waals surface area contributed by atoms with Crippen molar-refractivity contribution in [3.05, 3.63) is 66.5 Å². The fourth-order valence-corrected chi connectivity index (χ4v) is 2.77. The Morgan fingerprint density at radius 2 is 1.91 bits per heavy atom. The fraction of sp³-hybridized carbons (Fsp3) is 0. The number of nitrogens with two attached hydrogens (primary N) is 1. The predicted octanol–water partition coefficient (Wildman–Crippen LogP) is 3.72. The Labute approximate surface area is 130 Å². The van der Waals surface area contributed by atoms with E-state index in [1.165, 1.54) is 6.07 Å². The van der Waals surface area contributed by atoms with Crippen molar-refractivity contribution in [3.8, 4) is 11.3 Å². The molecule has 0 atom stereocenters. The van der Waals surface area contributed by atoms with Gasteiger partial charge in [-0.1, -0.05) is 36.4 Å². The monoisotopic (exact) mass is 304 g/mol. The Morgan fingerprint density at radius 1 is 1.13 bits per heavy atom. The molecule has 0 aliphatic carbocycles. The number of hydrogen-bond acceptors (Lipinski definition) is 2. The summed E-state index contributed by atoms with van der Waals surface area (Å²) < 4.78 is 15.3. The van der Waals surface area contributed by atoms with Crippen LogP contribution in [0.2, 0.25) is 0 Å². The third-order valence-electron chi connectivity index (χ3n) is 3.82. The standard InChI is InChI=1S/C18H11FN3O/c19-14-6-3-7-15-16(14)17(21-22(15)18(20)23)13-9-8-11-4-1-2-5-12(11)10-13/h1-5,7-10H,(H2,20,23). The van der Waals surface area contributed by atoms with Crippen LogP contribution < -0.4 is 5.73 Å². The number of benzene rings is 3. The molecule has 23 heavy (non-hydrogen) atoms. The minimum absolute atomic E-state index is 0.238. The van der Waals surface area contributed by atoms with Gasteiger partial charge in [0.15, 0.2) is 0 Å². The molecule has 0 spiro atoms. The number of halogens is 1. The van der Waals surface area contributed by atoms with Crippen LogP contribution in [-0.2, 0) is 0 Å². The average Bonchev–Trinajstić information content (AvgIpc) is 2.96. The third kappa shape index (κ3) is 2.05. The van der Waals surface area contributed by atoms with Crippen LogP contribution in [0.4, 0.5) is 9.18 Å². The highest BCUT2D eigenvalue weighted by atomic mass is 19.1. The number of aromatic nitrogens is 2. The SMILES string of the molecule is NC(=O)n1nc(-c2ccc3ccccc3c2)c2c(F)[c]ccc21. The van der Waals surface area contributed by atoms with Crippen molar-refractivity contribution in [1.82, 2.24) is 9.78 Å². The lowest BCUT2D eigenvalue weighted by atomic mass is 10.0. The largest absolute Gasteiger partial charge is 0.350 e. The molecule has 1 amide bonds. The molecule has 0 aliphatic rings. The molecule has 4 rings (SSSR count). The molecule has 4 aromatic rings. The van der Waals surface area contributed by atoms with Crippen LogP contribution in [0.5, 0.6) is 0 Å². The highest BCUT2D eigenvalue weighted by Gasteiger charge is 2.18. The lowest BCUT2D eigenvalue weighted by Crippen LogP contribution is -2.20. The highest BCUT2D eigenvalue weighted by molar-refractivity contribution is 6.00. The van der Waals surface area contributed by atoms with Gasteiger partial charge >= 0.3 is 6.03 Å². The number of fused-ring (bicyclic) bond motifs is 2. The van der Waals surface area contributed by atoms with E-state index in [-0.39, 0.29) is 5.39 Å². The second-order valence-electron chi connectivity index (χ2n) is 5.21. The van der Waals surface area contributed by atoms with E-state index in [1.807, 2.05) is 42.5 Å². The van der Waals surface area contributed by atoms with E-state index in [1.54, 1.807) is 6.07 Å². The molecular weight excluding hydrogens is 293 g/mol. The Bertz CT molecular complexity index is 1070. The van der Waals surface area contributed by atoms with E-state index in [9.17, 15) is 9.18 Å². The molecule has 0 fully saturated rings. The molecule has 1 radical (unpaired) electrons. The predicted molar refractivity (Wildman–Crippen MR) is 86.5 cm³/mol. The van der Waals surface area contributed by atoms with E-state index in [2.05, 4.69) is 11.2 Å². The van der Waals surface area contributed by atoms with Crippen molar-refractivity contribution in [1.29, 1.82) is 0 Å². The van der Waals surface area contributed by atoms with Crippen LogP contribution >= 0.6 is 0 Å². The van der Waals surface area contributed by atoms with Crippen molar-refractivity contribution in [3.63, 3.8) is 0 Å². The van der Waals surface area contributed by atoms with Crippen molar-refractivity contribution >= 4 is 27.7 Å². The van der Waals surface area contributed by atoms with Crippen molar-refractivity contribution in [2.45, 2.75) is 0 Å². The van der Waals surface area contributed by atoms with E-state index in [0.29, 0.717) is 16.8 Å². The molecule has 0 unspecified atom stereocenters. The first kappa shape index (κ1) is 13.5. The van der Waals surface area contributed by atoms with Crippen LogP contribution in [0.25, 0.3) is 32.9 Å². The number of nitrogens with zero attached hydrogens (tertiary/aromatic N) is 2. The fourth-order valence-electron chi connectivity index (χ4n) is 2.77. The number of hydrogen-bond donors (Lipinski definition) is 1. The third-order valence-corrected chi connectivity index (χ3v) is 3.82. The second-order valence-corrected chi connectivity index (χ2v) is 5.21. The molecule has 0 saturated carbocycles. The summed E-state index contributed by atoms with van der Waals surface area (Å²) in [7, 11) is 0. The quantitative estimate of drug-likeness (QED) is 0.582. The van der Waals surface area contributed by atoms with Gasteiger partial charge in [0.2, 0.25) is 0 Å². The van der Waals surface area contributed by atoms with Crippen LogP contribution in [0, 0.1) is 11.9 Å². The van der Waals surface area contributed by atoms with Crippen molar-refractivity contribution in [2.75, 3.05) is 0 Å². The van der Waals surface area contributed by atoms with Gasteiger partial charge in [0, 0.05) is 11.6 Å². The van der Waals surface area contributed by atoms with Gasteiger partial charge in [0.25, 0.3) is 0 Å². The molecule has 3 aromatic carbocycles. The highest BCUT2D eigenvalue weighted by Crippen LogP contribution is 2.31. The summed E-state index contributed by atoms with van der Waals surface area (Å²) in [5.74, 6) is -0.557. The van der Waals surface area contributed by atoms with Crippen LogP contribution in [0.1, 0.15) is 0 Å². The van der Waals surface area contributed by atoms with E-state index in [0.717, 1.165) is 15.5 Å². The van der Waals surface area contributed by atoms with E-state index < -0.39 is 11.8 Å². The van der Waals surface area contributed by atoms with Crippen LogP contribution in [0.3, 0.4) is 0 Å². The van der Waals surface area contributed by atoms with Crippen molar-refractivity contribution < 1.29 is 9.18 Å². The normalized spacial score (nSPS) is 11.2. The van der Waals surface area contributed by atoms with Gasteiger partial charge < -0.3 is 5.73 Å². The minimum Gasteiger partial charge on any atom is -0.350 e. The molecule has 0 bridgehead atoms. The molecule has 1 aromatic heterocycles. The number of carbonyl (C=O) groups excluding carboxylic acids is 1. The zero-order valence-electron chi connectivity index (χ0n) is 12.0. The second kappa shape index (κ2) is 4.91. The summed E-state index contributed by atoms with van der Waals surface area (Å²) in [5, 5.41) is 6.52. The Hall–Kier alpha value is -3.21. The number of carbonyl (C=O) groups is 1. The molecule has 2 N–H and O–H groups in total. The first-order valence-electron chi connectivity index (χ1n) is 7.03. The summed E-state index contributed by atoms with van der Waals surface area (Å²) in [6.07, 6.45) is 0. The molecule has 1 heterocycles. The Kier molecular flexibility index (Phi) is 2.87. The molecule has 0 saturated heterocycles. The lowest BCUT2D eigenvalue weighted by Gasteiger charge is -2.02. The minimum atomic E-state index is -0.757. The van der Waals surface area contributed by atoms with Crippen LogP contribution in [0.15, 0.2) is 54.6 Å². The summed E-state index contributed by atoms with van der Waals surface area (Å²) in [6, 6.07) is 18.3. The molecule has 0 aliphatic heterocycles. The Morgan fingerprint density at radius 3 is 2.70 bits per heavy atom. The van der Waals surface area contributed by atoms with Gasteiger partial charge in [-0.15, -0.1) is 0 Å². The first-order valence-corrected chi connectivity index (χ1v) is 7.03. The first-order chi connectivity index (χ1) is 11.1. The number of amides is 1. The smallest absolute Gasteiger partial charge is 0.340 e. The van der Waals surface area contributed by atoms with E-state index >= 15 is 0 Å². The molecule has 111 valence electrons. The molecule has 4 nitrogen and oxygen atoms in total. The maximum absolute atomic E-state index is 14.3. The zero-order valence-corrected chi connectivity index (χ0v) is 12.0. The van der Waals surface area contributed by atoms with Gasteiger partial charge in [0.05, 0.1) is 10.9 Å². The van der Waals surface area contributed by atoms with Gasteiger partial charge in [-0.05, 0) is 29.0 Å². The lowest BCUT2D eigenvalue weighted by molar-refractivity contribution is 0.248. The van der Waals surface area contributed by atoms with E-state index in [4.69, 9.17) is 5.73 Å². The maximum atomic E-state index is 14.3. The van der Waals surface area contributed by atoms with Gasteiger partial charge in [-0.3, -0.25) is 0 Å². The van der Waals surface area contributed by atoms with Gasteiger partial charge in [0.1, 0.15) is 11.5 Å². The summed E-state index contributed by atoms with van der Waals surface area (Å²) in [4.78, 5) is 11.6. The number of rotatable bonds is 1. The topological polar surface area (TPSA) is 60.9 Å². The summed E-state index contributed by atoms with van der Waals surface area (Å²) in [6.45, 7) is 0. The molecule has 5 heteroatoms. The summed E-state index contributed by atoms with van der Waals surface area (Å²) >= 11 is 0. The van der Waals surface area contributed by atoms with Gasteiger partial charge in [-0.2, -0.15) is 9.78 Å². The van der Waals surface area contributed by atoms with Crippen LogP contribution in [-0.4, -0.2) is 15.8 Å². The van der Waals surface area contributed by atoms with Gasteiger partial charge in [-0.25, -0.2) is 9.18 Å². The Balaban J connectivity index is 2.05. The summed E-state index contributed by atoms with van der Waals surface area (Å²) in [5.41, 5.74) is 6.76. The average molecular weight is 304 g/mol. The molecular formula is C18H11FN3O. The maximum Gasteiger partial charge on any atom is 0.340 e. The zero-order chi connectivity index (χ0) is 16.0.